The van der Waals surface area contributed by atoms with Gasteiger partial charge in [0.25, 0.3) is 0 Å². The van der Waals surface area contributed by atoms with Crippen LogP contribution in [0.4, 0.5) is 0 Å². The molecule has 0 aliphatic heterocycles. The van der Waals surface area contributed by atoms with E-state index in [1.54, 1.807) is 18.2 Å². The number of aromatic nitrogens is 1. The molecule has 2 aromatic rings. The lowest BCUT2D eigenvalue weighted by Gasteiger charge is -2.10. The summed E-state index contributed by atoms with van der Waals surface area (Å²) in [5.41, 5.74) is 0.667. The molecular formula is C15H13NO5. The van der Waals surface area contributed by atoms with Gasteiger partial charge >= 0.3 is 5.97 Å². The van der Waals surface area contributed by atoms with Gasteiger partial charge in [-0.05, 0) is 29.8 Å². The molecule has 108 valence electrons. The molecule has 0 saturated carbocycles. The Morgan fingerprint density at radius 1 is 1.24 bits per heavy atom. The average molecular weight is 287 g/mol. The Kier molecular flexibility index (Phi) is 4.40. The van der Waals surface area contributed by atoms with Gasteiger partial charge in [0, 0.05) is 12.1 Å². The predicted molar refractivity (Wildman–Crippen MR) is 75.6 cm³/mol. The van der Waals surface area contributed by atoms with Gasteiger partial charge in [-0.25, -0.2) is 9.78 Å². The standard InChI is InChI=1S/C15H13NO5/c1-20-13-8-10(3-7-15(18)19)2-5-12(13)21-14-6-4-11(17)9-16-14/h2-9,17H,1H3,(H,18,19)/b7-3+. The van der Waals surface area contributed by atoms with Gasteiger partial charge in [-0.2, -0.15) is 0 Å². The first-order valence-electron chi connectivity index (χ1n) is 6.00. The molecule has 0 spiro atoms. The smallest absolute Gasteiger partial charge is 0.328 e. The molecule has 6 heteroatoms. The Morgan fingerprint density at radius 2 is 2.05 bits per heavy atom. The molecule has 0 aliphatic carbocycles. The zero-order chi connectivity index (χ0) is 15.2. The third-order valence-corrected chi connectivity index (χ3v) is 2.54. The molecule has 0 radical (unpaired) electrons. The Bertz CT molecular complexity index is 664. The number of ether oxygens (including phenoxy) is 2. The van der Waals surface area contributed by atoms with E-state index in [2.05, 4.69) is 4.98 Å². The molecule has 0 saturated heterocycles. The van der Waals surface area contributed by atoms with Crippen LogP contribution in [0.2, 0.25) is 0 Å². The van der Waals surface area contributed by atoms with Gasteiger partial charge in [-0.3, -0.25) is 0 Å². The summed E-state index contributed by atoms with van der Waals surface area (Å²) < 4.78 is 10.8. The van der Waals surface area contributed by atoms with Crippen molar-refractivity contribution in [1.29, 1.82) is 0 Å². The molecule has 6 nitrogen and oxygen atoms in total. The highest BCUT2D eigenvalue weighted by atomic mass is 16.5. The summed E-state index contributed by atoms with van der Waals surface area (Å²) in [6.07, 6.45) is 3.76. The lowest BCUT2D eigenvalue weighted by atomic mass is 10.2. The highest BCUT2D eigenvalue weighted by Crippen LogP contribution is 2.32. The van der Waals surface area contributed by atoms with E-state index in [0.29, 0.717) is 22.9 Å². The Balaban J connectivity index is 2.23. The SMILES string of the molecule is COc1cc(/C=C/C(=O)O)ccc1Oc1ccc(O)cn1. The number of rotatable bonds is 5. The minimum Gasteiger partial charge on any atom is -0.506 e. The van der Waals surface area contributed by atoms with Crippen LogP contribution in [-0.2, 0) is 4.79 Å². The van der Waals surface area contributed by atoms with Gasteiger partial charge in [0.05, 0.1) is 13.3 Å². The number of carbonyl (C=O) groups is 1. The van der Waals surface area contributed by atoms with Crippen molar-refractivity contribution >= 4 is 12.0 Å². The summed E-state index contributed by atoms with van der Waals surface area (Å²) in [5.74, 6) is 0.201. The van der Waals surface area contributed by atoms with Gasteiger partial charge in [0.1, 0.15) is 5.75 Å². The third-order valence-electron chi connectivity index (χ3n) is 2.54. The second-order valence-electron chi connectivity index (χ2n) is 4.04. The van der Waals surface area contributed by atoms with Crippen LogP contribution in [-0.4, -0.2) is 28.3 Å². The van der Waals surface area contributed by atoms with Crippen LogP contribution >= 0.6 is 0 Å². The van der Waals surface area contributed by atoms with E-state index in [1.165, 1.54) is 31.5 Å². The zero-order valence-electron chi connectivity index (χ0n) is 11.2. The summed E-state index contributed by atoms with van der Waals surface area (Å²) in [4.78, 5) is 14.4. The van der Waals surface area contributed by atoms with E-state index in [4.69, 9.17) is 19.7 Å². The normalized spacial score (nSPS) is 10.5. The number of methoxy groups -OCH3 is 1. The number of carboxylic acid groups (broad SMARTS) is 1. The van der Waals surface area contributed by atoms with E-state index in [9.17, 15) is 4.79 Å². The van der Waals surface area contributed by atoms with Crippen LogP contribution in [0.3, 0.4) is 0 Å². The number of aromatic hydroxyl groups is 1. The van der Waals surface area contributed by atoms with Gasteiger partial charge < -0.3 is 19.7 Å². The van der Waals surface area contributed by atoms with Crippen LogP contribution in [0.5, 0.6) is 23.1 Å². The highest BCUT2D eigenvalue weighted by molar-refractivity contribution is 5.85. The lowest BCUT2D eigenvalue weighted by Crippen LogP contribution is -1.92. The summed E-state index contributed by atoms with van der Waals surface area (Å²) in [6, 6.07) is 7.97. The molecular weight excluding hydrogens is 274 g/mol. The zero-order valence-corrected chi connectivity index (χ0v) is 11.2. The number of nitrogens with zero attached hydrogens (tertiary/aromatic N) is 1. The average Bonchev–Trinajstić information content (AvgIpc) is 2.48. The minimum absolute atomic E-state index is 0.0449. The van der Waals surface area contributed by atoms with Crippen molar-refractivity contribution in [3.05, 3.63) is 48.2 Å². The van der Waals surface area contributed by atoms with Crippen LogP contribution < -0.4 is 9.47 Å². The number of carboxylic acids is 1. The molecule has 0 fully saturated rings. The summed E-state index contributed by atoms with van der Waals surface area (Å²) in [5, 5.41) is 17.8. The van der Waals surface area contributed by atoms with Crippen molar-refractivity contribution in [3.63, 3.8) is 0 Å². The lowest BCUT2D eigenvalue weighted by molar-refractivity contribution is -0.131. The Labute approximate surface area is 120 Å². The van der Waals surface area contributed by atoms with Crippen molar-refractivity contribution in [2.24, 2.45) is 0 Å². The second-order valence-corrected chi connectivity index (χ2v) is 4.04. The van der Waals surface area contributed by atoms with E-state index in [1.807, 2.05) is 0 Å². The minimum atomic E-state index is -1.03. The molecule has 1 aromatic heterocycles. The first kappa shape index (κ1) is 14.4. The van der Waals surface area contributed by atoms with Gasteiger partial charge in [0.15, 0.2) is 11.5 Å². The van der Waals surface area contributed by atoms with Gasteiger partial charge in [-0.15, -0.1) is 0 Å². The summed E-state index contributed by atoms with van der Waals surface area (Å²) in [7, 11) is 1.48. The van der Waals surface area contributed by atoms with E-state index in [-0.39, 0.29) is 5.75 Å². The first-order valence-corrected chi connectivity index (χ1v) is 6.00. The van der Waals surface area contributed by atoms with Crippen molar-refractivity contribution in [2.45, 2.75) is 0 Å². The molecule has 1 aromatic carbocycles. The molecule has 0 bridgehead atoms. The van der Waals surface area contributed by atoms with Crippen molar-refractivity contribution in [3.8, 4) is 23.1 Å². The number of hydrogen-bond donors (Lipinski definition) is 2. The van der Waals surface area contributed by atoms with Crippen molar-refractivity contribution in [2.75, 3.05) is 7.11 Å². The molecule has 2 rings (SSSR count). The molecule has 0 aliphatic rings. The largest absolute Gasteiger partial charge is 0.506 e. The molecule has 0 atom stereocenters. The fraction of sp³-hybridized carbons (Fsp3) is 0.0667. The fourth-order valence-electron chi connectivity index (χ4n) is 1.59. The Hall–Kier alpha value is -3.02. The second kappa shape index (κ2) is 6.42. The Morgan fingerprint density at radius 3 is 2.67 bits per heavy atom. The topological polar surface area (TPSA) is 88.9 Å². The quantitative estimate of drug-likeness (QED) is 0.822. The van der Waals surface area contributed by atoms with Crippen molar-refractivity contribution < 1.29 is 24.5 Å². The molecule has 21 heavy (non-hydrogen) atoms. The maximum atomic E-state index is 10.5. The molecule has 0 amide bonds. The van der Waals surface area contributed by atoms with Gasteiger partial charge in [-0.1, -0.05) is 6.07 Å². The highest BCUT2D eigenvalue weighted by Gasteiger charge is 2.07. The number of pyridine rings is 1. The molecule has 2 N–H and O–H groups in total. The number of aliphatic carboxylic acids is 1. The number of hydrogen-bond acceptors (Lipinski definition) is 5. The maximum absolute atomic E-state index is 10.5. The van der Waals surface area contributed by atoms with Crippen LogP contribution in [0.25, 0.3) is 6.08 Å². The van der Waals surface area contributed by atoms with E-state index < -0.39 is 5.97 Å². The van der Waals surface area contributed by atoms with E-state index in [0.717, 1.165) is 6.08 Å². The van der Waals surface area contributed by atoms with Crippen LogP contribution in [0, 0.1) is 0 Å². The fourth-order valence-corrected chi connectivity index (χ4v) is 1.59. The third kappa shape index (κ3) is 3.97. The number of benzene rings is 1. The van der Waals surface area contributed by atoms with Crippen LogP contribution in [0.1, 0.15) is 5.56 Å². The maximum Gasteiger partial charge on any atom is 0.328 e. The monoisotopic (exact) mass is 287 g/mol. The summed E-state index contributed by atoms with van der Waals surface area (Å²) in [6.45, 7) is 0. The molecule has 0 unspecified atom stereocenters. The molecule has 1 heterocycles. The van der Waals surface area contributed by atoms with Crippen LogP contribution in [0.15, 0.2) is 42.6 Å². The first-order chi connectivity index (χ1) is 10.1. The van der Waals surface area contributed by atoms with Crippen molar-refractivity contribution in [1.82, 2.24) is 4.98 Å². The van der Waals surface area contributed by atoms with Gasteiger partial charge in [0.2, 0.25) is 5.88 Å². The predicted octanol–water partition coefficient (Wildman–Crippen LogP) is 2.69. The summed E-state index contributed by atoms with van der Waals surface area (Å²) >= 11 is 0. The van der Waals surface area contributed by atoms with E-state index >= 15 is 0 Å².